The van der Waals surface area contributed by atoms with Crippen molar-refractivity contribution in [1.82, 2.24) is 9.97 Å². The zero-order valence-electron chi connectivity index (χ0n) is 12.2. The lowest BCUT2D eigenvalue weighted by atomic mass is 10.0. The van der Waals surface area contributed by atoms with E-state index in [0.29, 0.717) is 0 Å². The van der Waals surface area contributed by atoms with Crippen LogP contribution in [0.3, 0.4) is 0 Å². The molecule has 0 unspecified atom stereocenters. The van der Waals surface area contributed by atoms with E-state index in [1.165, 1.54) is 11.1 Å². The number of rotatable bonds is 2. The molecule has 3 heteroatoms. The summed E-state index contributed by atoms with van der Waals surface area (Å²) in [5.41, 5.74) is 5.37. The van der Waals surface area contributed by atoms with Crippen LogP contribution in [0, 0.1) is 6.92 Å². The van der Waals surface area contributed by atoms with E-state index in [1.807, 2.05) is 31.2 Å². The number of thiazole rings is 1. The fraction of sp³-hybridized carbons (Fsp3) is 0.0526. The lowest BCUT2D eigenvalue weighted by Gasteiger charge is -2.04. The number of aryl methyl sites for hydroxylation is 1. The van der Waals surface area contributed by atoms with E-state index in [2.05, 4.69) is 47.4 Å². The number of fused-ring (bicyclic) bond motifs is 1. The monoisotopic (exact) mass is 302 g/mol. The van der Waals surface area contributed by atoms with Crippen molar-refractivity contribution in [2.45, 2.75) is 6.92 Å². The summed E-state index contributed by atoms with van der Waals surface area (Å²) in [6.45, 7) is 2.04. The van der Waals surface area contributed by atoms with Gasteiger partial charge in [-0.3, -0.25) is 0 Å². The van der Waals surface area contributed by atoms with Gasteiger partial charge in [-0.05, 0) is 18.6 Å². The molecule has 0 saturated carbocycles. The van der Waals surface area contributed by atoms with Gasteiger partial charge in [-0.1, -0.05) is 60.7 Å². The van der Waals surface area contributed by atoms with Gasteiger partial charge in [0.05, 0.1) is 4.70 Å². The molecule has 0 aliphatic rings. The van der Waals surface area contributed by atoms with Crippen LogP contribution < -0.4 is 0 Å². The van der Waals surface area contributed by atoms with Crippen molar-refractivity contribution < 1.29 is 0 Å². The Morgan fingerprint density at radius 3 is 2.09 bits per heavy atom. The Bertz CT molecular complexity index is 928. The van der Waals surface area contributed by atoms with Gasteiger partial charge in [0.15, 0.2) is 5.65 Å². The molecule has 0 saturated heterocycles. The SMILES string of the molecule is Cc1nc2nc(-c3ccccc3)sc2cc1-c1ccccc1. The summed E-state index contributed by atoms with van der Waals surface area (Å²) in [7, 11) is 0. The highest BCUT2D eigenvalue weighted by atomic mass is 32.1. The molecule has 4 aromatic rings. The molecule has 2 aromatic carbocycles. The molecule has 0 fully saturated rings. The van der Waals surface area contributed by atoms with Crippen LogP contribution in [0.25, 0.3) is 32.0 Å². The van der Waals surface area contributed by atoms with E-state index in [9.17, 15) is 0 Å². The van der Waals surface area contributed by atoms with Crippen LogP contribution in [-0.4, -0.2) is 9.97 Å². The third-order valence-electron chi connectivity index (χ3n) is 3.68. The van der Waals surface area contributed by atoms with Gasteiger partial charge in [-0.25, -0.2) is 9.97 Å². The summed E-state index contributed by atoms with van der Waals surface area (Å²) < 4.78 is 1.13. The largest absolute Gasteiger partial charge is 0.232 e. The van der Waals surface area contributed by atoms with Gasteiger partial charge >= 0.3 is 0 Å². The minimum absolute atomic E-state index is 0.834. The van der Waals surface area contributed by atoms with Crippen molar-refractivity contribution >= 4 is 21.7 Å². The molecule has 0 amide bonds. The topological polar surface area (TPSA) is 25.8 Å². The van der Waals surface area contributed by atoms with Crippen molar-refractivity contribution in [2.75, 3.05) is 0 Å². The second kappa shape index (κ2) is 5.35. The molecule has 106 valence electrons. The highest BCUT2D eigenvalue weighted by Crippen LogP contribution is 2.33. The normalized spacial score (nSPS) is 11.0. The average Bonchev–Trinajstić information content (AvgIpc) is 2.98. The standard InChI is InChI=1S/C19H14N2S/c1-13-16(14-8-4-2-5-9-14)12-17-18(20-13)21-19(22-17)15-10-6-3-7-11-15/h2-12H,1H3. The highest BCUT2D eigenvalue weighted by molar-refractivity contribution is 7.21. The van der Waals surface area contributed by atoms with Crippen molar-refractivity contribution in [2.24, 2.45) is 0 Å². The minimum atomic E-state index is 0.834. The van der Waals surface area contributed by atoms with Crippen LogP contribution in [-0.2, 0) is 0 Å². The van der Waals surface area contributed by atoms with Gasteiger partial charge in [0, 0.05) is 16.8 Å². The number of hydrogen-bond acceptors (Lipinski definition) is 3. The predicted octanol–water partition coefficient (Wildman–Crippen LogP) is 5.33. The molecule has 22 heavy (non-hydrogen) atoms. The maximum Gasteiger partial charge on any atom is 0.171 e. The summed E-state index contributed by atoms with van der Waals surface area (Å²) in [5, 5.41) is 1.02. The molecular weight excluding hydrogens is 288 g/mol. The van der Waals surface area contributed by atoms with E-state index in [4.69, 9.17) is 4.98 Å². The first-order valence-electron chi connectivity index (χ1n) is 7.20. The smallest absolute Gasteiger partial charge is 0.171 e. The molecule has 0 bridgehead atoms. The first-order valence-corrected chi connectivity index (χ1v) is 8.02. The lowest BCUT2D eigenvalue weighted by Crippen LogP contribution is -1.88. The molecule has 0 N–H and O–H groups in total. The molecule has 0 atom stereocenters. The molecule has 2 aromatic heterocycles. The second-order valence-electron chi connectivity index (χ2n) is 5.19. The molecule has 2 nitrogen and oxygen atoms in total. The van der Waals surface area contributed by atoms with Crippen LogP contribution in [0.2, 0.25) is 0 Å². The van der Waals surface area contributed by atoms with Gasteiger partial charge < -0.3 is 0 Å². The molecule has 0 aliphatic carbocycles. The zero-order chi connectivity index (χ0) is 14.9. The van der Waals surface area contributed by atoms with E-state index >= 15 is 0 Å². The maximum atomic E-state index is 4.70. The van der Waals surface area contributed by atoms with Crippen LogP contribution in [0.15, 0.2) is 66.7 Å². The Hall–Kier alpha value is -2.52. The van der Waals surface area contributed by atoms with E-state index in [0.717, 1.165) is 26.6 Å². The third-order valence-corrected chi connectivity index (χ3v) is 4.72. The van der Waals surface area contributed by atoms with Crippen LogP contribution >= 0.6 is 11.3 Å². The Kier molecular flexibility index (Phi) is 3.20. The van der Waals surface area contributed by atoms with Crippen molar-refractivity contribution in [3.63, 3.8) is 0 Å². The van der Waals surface area contributed by atoms with Crippen molar-refractivity contribution in [3.8, 4) is 21.7 Å². The first kappa shape index (κ1) is 13.2. The number of nitrogens with zero attached hydrogens (tertiary/aromatic N) is 2. The van der Waals surface area contributed by atoms with Gasteiger partial charge in [-0.15, -0.1) is 11.3 Å². The summed E-state index contributed by atoms with van der Waals surface area (Å²) in [5.74, 6) is 0. The predicted molar refractivity (Wildman–Crippen MR) is 93.0 cm³/mol. The fourth-order valence-corrected chi connectivity index (χ4v) is 3.52. The summed E-state index contributed by atoms with van der Waals surface area (Å²) in [6, 6.07) is 22.9. The second-order valence-corrected chi connectivity index (χ2v) is 6.22. The Labute approximate surface area is 133 Å². The van der Waals surface area contributed by atoms with Crippen molar-refractivity contribution in [1.29, 1.82) is 0 Å². The summed E-state index contributed by atoms with van der Waals surface area (Å²) in [6.07, 6.45) is 0. The third kappa shape index (κ3) is 2.30. The molecule has 4 rings (SSSR count). The van der Waals surface area contributed by atoms with Gasteiger partial charge in [0.1, 0.15) is 5.01 Å². The lowest BCUT2D eigenvalue weighted by molar-refractivity contribution is 1.22. The van der Waals surface area contributed by atoms with Gasteiger partial charge in [0.2, 0.25) is 0 Å². The Morgan fingerprint density at radius 1 is 0.773 bits per heavy atom. The quantitative estimate of drug-likeness (QED) is 0.500. The maximum absolute atomic E-state index is 4.70. The summed E-state index contributed by atoms with van der Waals surface area (Å²) >= 11 is 1.69. The Balaban J connectivity index is 1.88. The highest BCUT2D eigenvalue weighted by Gasteiger charge is 2.11. The average molecular weight is 302 g/mol. The number of hydrogen-bond donors (Lipinski definition) is 0. The van der Waals surface area contributed by atoms with Crippen LogP contribution in [0.1, 0.15) is 5.69 Å². The van der Waals surface area contributed by atoms with Gasteiger partial charge in [0.25, 0.3) is 0 Å². The molecule has 0 aliphatic heterocycles. The summed E-state index contributed by atoms with van der Waals surface area (Å²) in [4.78, 5) is 9.38. The fourth-order valence-electron chi connectivity index (χ4n) is 2.57. The van der Waals surface area contributed by atoms with Crippen molar-refractivity contribution in [3.05, 3.63) is 72.4 Å². The first-order chi connectivity index (χ1) is 10.8. The van der Waals surface area contributed by atoms with E-state index in [1.54, 1.807) is 11.3 Å². The number of pyridine rings is 1. The minimum Gasteiger partial charge on any atom is -0.232 e. The molecule has 0 spiro atoms. The zero-order valence-corrected chi connectivity index (χ0v) is 13.0. The number of aromatic nitrogens is 2. The van der Waals surface area contributed by atoms with E-state index < -0.39 is 0 Å². The van der Waals surface area contributed by atoms with Crippen LogP contribution in [0.4, 0.5) is 0 Å². The van der Waals surface area contributed by atoms with E-state index in [-0.39, 0.29) is 0 Å². The van der Waals surface area contributed by atoms with Crippen LogP contribution in [0.5, 0.6) is 0 Å². The molecular formula is C19H14N2S. The van der Waals surface area contributed by atoms with Gasteiger partial charge in [-0.2, -0.15) is 0 Å². The Morgan fingerprint density at radius 2 is 1.41 bits per heavy atom. The number of benzene rings is 2. The molecule has 2 heterocycles. The molecule has 0 radical (unpaired) electrons.